The van der Waals surface area contributed by atoms with Crippen molar-refractivity contribution in [1.82, 2.24) is 14.8 Å². The van der Waals surface area contributed by atoms with Gasteiger partial charge in [-0.05, 0) is 26.2 Å². The van der Waals surface area contributed by atoms with Gasteiger partial charge in [-0.15, -0.1) is 11.3 Å². The quantitative estimate of drug-likeness (QED) is 0.877. The number of nitrogens with one attached hydrogen (secondary N) is 1. The lowest BCUT2D eigenvalue weighted by Crippen LogP contribution is -2.20. The molecule has 1 fully saturated rings. The van der Waals surface area contributed by atoms with Gasteiger partial charge in [0, 0.05) is 10.9 Å². The van der Waals surface area contributed by atoms with Gasteiger partial charge in [0.2, 0.25) is 0 Å². The van der Waals surface area contributed by atoms with Crippen LogP contribution in [0.1, 0.15) is 58.3 Å². The van der Waals surface area contributed by atoms with Crippen LogP contribution < -0.4 is 5.32 Å². The van der Waals surface area contributed by atoms with E-state index < -0.39 is 9.84 Å². The minimum atomic E-state index is -3.03. The first-order chi connectivity index (χ1) is 11.7. The number of sulfone groups is 1. The molecule has 2 aromatic heterocycles. The number of anilines is 1. The molecule has 1 aliphatic rings. The molecular formula is C16H22N4O3S2. The van der Waals surface area contributed by atoms with Crippen LogP contribution in [0.15, 0.2) is 6.07 Å². The molecule has 0 saturated carbocycles. The van der Waals surface area contributed by atoms with Crippen LogP contribution in [0.2, 0.25) is 0 Å². The highest BCUT2D eigenvalue weighted by molar-refractivity contribution is 7.91. The smallest absolute Gasteiger partial charge is 0.276 e. The Hall–Kier alpha value is -1.74. The molecule has 1 N–H and O–H groups in total. The van der Waals surface area contributed by atoms with Crippen molar-refractivity contribution in [3.63, 3.8) is 0 Å². The SMILES string of the molecule is Cc1cc(NC(=O)c2nc(C)sc2C(C)C)n([C@H]2CCS(=O)(=O)C2)n1. The first-order valence-corrected chi connectivity index (χ1v) is 10.9. The predicted octanol–water partition coefficient (Wildman–Crippen LogP) is 2.69. The van der Waals surface area contributed by atoms with Gasteiger partial charge in [0.15, 0.2) is 9.84 Å². The molecule has 7 nitrogen and oxygen atoms in total. The Morgan fingerprint density at radius 3 is 2.72 bits per heavy atom. The molecule has 1 amide bonds. The van der Waals surface area contributed by atoms with Crippen molar-refractivity contribution in [2.24, 2.45) is 0 Å². The number of aryl methyl sites for hydroxylation is 2. The summed E-state index contributed by atoms with van der Waals surface area (Å²) in [6.45, 7) is 7.76. The zero-order chi connectivity index (χ0) is 18.4. The summed E-state index contributed by atoms with van der Waals surface area (Å²) < 4.78 is 25.2. The largest absolute Gasteiger partial charge is 0.305 e. The van der Waals surface area contributed by atoms with E-state index in [1.165, 1.54) is 11.3 Å². The third-order valence-electron chi connectivity index (χ3n) is 4.15. The van der Waals surface area contributed by atoms with E-state index in [9.17, 15) is 13.2 Å². The minimum absolute atomic E-state index is 0.0596. The van der Waals surface area contributed by atoms with Crippen LogP contribution in [0.3, 0.4) is 0 Å². The Morgan fingerprint density at radius 2 is 2.12 bits per heavy atom. The molecule has 1 aliphatic heterocycles. The normalized spacial score (nSPS) is 19.5. The molecular weight excluding hydrogens is 360 g/mol. The molecule has 1 saturated heterocycles. The van der Waals surface area contributed by atoms with E-state index in [0.29, 0.717) is 17.9 Å². The molecule has 0 spiro atoms. The van der Waals surface area contributed by atoms with Gasteiger partial charge in [-0.1, -0.05) is 13.8 Å². The number of aromatic nitrogens is 3. The molecule has 2 aromatic rings. The summed E-state index contributed by atoms with van der Waals surface area (Å²) in [6.07, 6.45) is 0.513. The highest BCUT2D eigenvalue weighted by Gasteiger charge is 2.31. The third-order valence-corrected chi connectivity index (χ3v) is 7.18. The number of rotatable bonds is 4. The van der Waals surface area contributed by atoms with Gasteiger partial charge in [0.1, 0.15) is 11.5 Å². The molecule has 9 heteroatoms. The molecule has 0 unspecified atom stereocenters. The van der Waals surface area contributed by atoms with Gasteiger partial charge in [-0.2, -0.15) is 5.10 Å². The van der Waals surface area contributed by atoms with Crippen molar-refractivity contribution in [2.45, 2.75) is 46.1 Å². The van der Waals surface area contributed by atoms with Gasteiger partial charge >= 0.3 is 0 Å². The molecule has 3 heterocycles. The van der Waals surface area contributed by atoms with Crippen LogP contribution in [-0.4, -0.2) is 40.6 Å². The van der Waals surface area contributed by atoms with E-state index in [1.807, 2.05) is 27.7 Å². The Kier molecular flexibility index (Phi) is 4.72. The number of amides is 1. The Bertz CT molecular complexity index is 912. The number of carbonyl (C=O) groups excluding carboxylic acids is 1. The fraction of sp³-hybridized carbons (Fsp3) is 0.562. The fourth-order valence-electron chi connectivity index (χ4n) is 3.03. The first kappa shape index (κ1) is 18.1. The van der Waals surface area contributed by atoms with Crippen LogP contribution in [-0.2, 0) is 9.84 Å². The molecule has 0 aliphatic carbocycles. The number of carbonyl (C=O) groups is 1. The van der Waals surface area contributed by atoms with Crippen molar-refractivity contribution >= 4 is 32.9 Å². The summed E-state index contributed by atoms with van der Waals surface area (Å²) in [7, 11) is -3.03. The van der Waals surface area contributed by atoms with Gasteiger partial charge in [-0.3, -0.25) is 4.79 Å². The molecule has 0 aromatic carbocycles. The first-order valence-electron chi connectivity index (χ1n) is 8.21. The van der Waals surface area contributed by atoms with E-state index >= 15 is 0 Å². The highest BCUT2D eigenvalue weighted by atomic mass is 32.2. The average molecular weight is 383 g/mol. The summed E-state index contributed by atoms with van der Waals surface area (Å²) in [6, 6.07) is 1.52. The van der Waals surface area contributed by atoms with Crippen molar-refractivity contribution in [2.75, 3.05) is 16.8 Å². The molecule has 0 radical (unpaired) electrons. The molecule has 3 rings (SSSR count). The van der Waals surface area contributed by atoms with E-state index in [4.69, 9.17) is 0 Å². The Labute approximate surface area is 151 Å². The lowest BCUT2D eigenvalue weighted by molar-refractivity contribution is 0.102. The Balaban J connectivity index is 1.88. The summed E-state index contributed by atoms with van der Waals surface area (Å²) in [4.78, 5) is 18.0. The lowest BCUT2D eigenvalue weighted by Gasteiger charge is -2.14. The predicted molar refractivity (Wildman–Crippen MR) is 98.2 cm³/mol. The van der Waals surface area contributed by atoms with Crippen molar-refractivity contribution in [3.8, 4) is 0 Å². The second-order valence-corrected chi connectivity index (χ2v) is 10.2. The van der Waals surface area contributed by atoms with Crippen molar-refractivity contribution < 1.29 is 13.2 Å². The van der Waals surface area contributed by atoms with Crippen LogP contribution in [0.5, 0.6) is 0 Å². The van der Waals surface area contributed by atoms with Crippen molar-refractivity contribution in [1.29, 1.82) is 0 Å². The maximum absolute atomic E-state index is 12.7. The molecule has 1 atom stereocenters. The highest BCUT2D eigenvalue weighted by Crippen LogP contribution is 2.29. The van der Waals surface area contributed by atoms with Crippen molar-refractivity contribution in [3.05, 3.63) is 27.3 Å². The van der Waals surface area contributed by atoms with Crippen LogP contribution in [0, 0.1) is 13.8 Å². The Morgan fingerprint density at radius 1 is 1.40 bits per heavy atom. The molecule has 136 valence electrons. The second-order valence-electron chi connectivity index (χ2n) is 6.73. The van der Waals surface area contributed by atoms with Crippen LogP contribution in [0.25, 0.3) is 0 Å². The van der Waals surface area contributed by atoms with Gasteiger partial charge in [-0.25, -0.2) is 18.1 Å². The van der Waals surface area contributed by atoms with Gasteiger partial charge < -0.3 is 5.32 Å². The number of hydrogen-bond donors (Lipinski definition) is 1. The lowest BCUT2D eigenvalue weighted by atomic mass is 10.1. The van der Waals surface area contributed by atoms with Gasteiger partial charge in [0.05, 0.1) is 28.2 Å². The van der Waals surface area contributed by atoms with E-state index in [1.54, 1.807) is 10.7 Å². The molecule has 0 bridgehead atoms. The number of nitrogens with zero attached hydrogens (tertiary/aromatic N) is 3. The zero-order valence-corrected chi connectivity index (χ0v) is 16.4. The third kappa shape index (κ3) is 3.77. The standard InChI is InChI=1S/C16H22N4O3S2/c1-9(2)15-14(17-11(4)24-15)16(21)18-13-7-10(3)19-20(13)12-5-6-25(22,23)8-12/h7,9,12H,5-6,8H2,1-4H3,(H,18,21)/t12-/m0/s1. The maximum Gasteiger partial charge on any atom is 0.276 e. The van der Waals surface area contributed by atoms with Gasteiger partial charge in [0.25, 0.3) is 5.91 Å². The minimum Gasteiger partial charge on any atom is -0.305 e. The van der Waals surface area contributed by atoms with E-state index in [2.05, 4.69) is 15.4 Å². The summed E-state index contributed by atoms with van der Waals surface area (Å²) in [5, 5.41) is 8.11. The van der Waals surface area contributed by atoms with Crippen LogP contribution in [0.4, 0.5) is 5.82 Å². The fourth-order valence-corrected chi connectivity index (χ4v) is 5.65. The number of hydrogen-bond acceptors (Lipinski definition) is 6. The summed E-state index contributed by atoms with van der Waals surface area (Å²) in [5.74, 6) is 0.662. The van der Waals surface area contributed by atoms with E-state index in [-0.39, 0.29) is 29.4 Å². The summed E-state index contributed by atoms with van der Waals surface area (Å²) in [5.41, 5.74) is 1.17. The zero-order valence-electron chi connectivity index (χ0n) is 14.7. The number of thiazole rings is 1. The molecule has 25 heavy (non-hydrogen) atoms. The average Bonchev–Trinajstić information content (AvgIpc) is 3.16. The van der Waals surface area contributed by atoms with Crippen LogP contribution >= 0.6 is 11.3 Å². The maximum atomic E-state index is 12.7. The topological polar surface area (TPSA) is 94.0 Å². The second kappa shape index (κ2) is 6.53. The summed E-state index contributed by atoms with van der Waals surface area (Å²) >= 11 is 1.52. The monoisotopic (exact) mass is 382 g/mol. The van der Waals surface area contributed by atoms with E-state index in [0.717, 1.165) is 15.6 Å².